The molecule has 2 rings (SSSR count). The van der Waals surface area contributed by atoms with Crippen LogP contribution < -0.4 is 4.74 Å². The summed E-state index contributed by atoms with van der Waals surface area (Å²) in [6, 6.07) is 19.0. The van der Waals surface area contributed by atoms with Crippen LogP contribution in [0.15, 0.2) is 67.3 Å². The summed E-state index contributed by atoms with van der Waals surface area (Å²) in [5, 5.41) is 0. The smallest absolute Gasteiger partial charge is 0.119 e. The molecule has 2 aromatic carbocycles. The molecule has 0 aliphatic heterocycles. The zero-order valence-corrected chi connectivity index (χ0v) is 15.1. The first kappa shape index (κ1) is 18.3. The summed E-state index contributed by atoms with van der Waals surface area (Å²) < 4.78 is 5.37. The quantitative estimate of drug-likeness (QED) is 0.594. The van der Waals surface area contributed by atoms with Gasteiger partial charge in [-0.05, 0) is 35.7 Å². The van der Waals surface area contributed by atoms with Crippen molar-refractivity contribution in [2.45, 2.75) is 26.3 Å². The number of benzene rings is 2. The molecule has 2 atom stereocenters. The van der Waals surface area contributed by atoms with Crippen LogP contribution in [0.3, 0.4) is 0 Å². The van der Waals surface area contributed by atoms with Gasteiger partial charge < -0.3 is 4.74 Å². The maximum absolute atomic E-state index is 5.37. The first-order chi connectivity index (χ1) is 11.7. The van der Waals surface area contributed by atoms with E-state index in [1.54, 1.807) is 7.11 Å². The third kappa shape index (κ3) is 4.97. The standard InChI is InChI=1S/C22H29NO/c1-5-22(20-13-10-14-21(15-20)24-4)18(3)16-23(6-2)17-19-11-8-7-9-12-19/h5,7-15,18,22H,1,6,16-17H2,2-4H3. The van der Waals surface area contributed by atoms with Crippen LogP contribution in [0.5, 0.6) is 5.75 Å². The lowest BCUT2D eigenvalue weighted by molar-refractivity contribution is 0.232. The third-order valence-corrected chi connectivity index (χ3v) is 4.59. The molecule has 0 radical (unpaired) electrons. The fourth-order valence-electron chi connectivity index (χ4n) is 3.21. The molecule has 24 heavy (non-hydrogen) atoms. The van der Waals surface area contributed by atoms with Crippen molar-refractivity contribution in [2.24, 2.45) is 5.92 Å². The molecule has 0 amide bonds. The van der Waals surface area contributed by atoms with Gasteiger partial charge in [0, 0.05) is 19.0 Å². The lowest BCUT2D eigenvalue weighted by atomic mass is 9.86. The van der Waals surface area contributed by atoms with Gasteiger partial charge in [0.15, 0.2) is 0 Å². The molecule has 0 spiro atoms. The van der Waals surface area contributed by atoms with Gasteiger partial charge >= 0.3 is 0 Å². The number of allylic oxidation sites excluding steroid dienone is 1. The van der Waals surface area contributed by atoms with Gasteiger partial charge in [-0.25, -0.2) is 0 Å². The second-order valence-electron chi connectivity index (χ2n) is 6.33. The van der Waals surface area contributed by atoms with Gasteiger partial charge in [0.25, 0.3) is 0 Å². The van der Waals surface area contributed by atoms with E-state index in [0.29, 0.717) is 11.8 Å². The molecule has 0 heterocycles. The summed E-state index contributed by atoms with van der Waals surface area (Å²) in [5.74, 6) is 1.71. The molecule has 0 saturated carbocycles. The molecule has 0 aromatic heterocycles. The van der Waals surface area contributed by atoms with E-state index in [2.05, 4.69) is 79.9 Å². The Morgan fingerprint density at radius 3 is 2.50 bits per heavy atom. The molecule has 0 bridgehead atoms. The Morgan fingerprint density at radius 1 is 1.12 bits per heavy atom. The average Bonchev–Trinajstić information content (AvgIpc) is 2.62. The van der Waals surface area contributed by atoms with Crippen molar-refractivity contribution in [3.05, 3.63) is 78.4 Å². The summed E-state index contributed by atoms with van der Waals surface area (Å²) in [6.45, 7) is 11.7. The van der Waals surface area contributed by atoms with E-state index in [1.165, 1.54) is 11.1 Å². The summed E-state index contributed by atoms with van der Waals surface area (Å²) >= 11 is 0. The fourth-order valence-corrected chi connectivity index (χ4v) is 3.21. The Kier molecular flexibility index (Phi) is 7.07. The molecule has 0 fully saturated rings. The topological polar surface area (TPSA) is 12.5 Å². The monoisotopic (exact) mass is 323 g/mol. The molecule has 2 heteroatoms. The minimum atomic E-state index is 0.324. The SMILES string of the molecule is C=CC(c1cccc(OC)c1)C(C)CN(CC)Cc1ccccc1. The molecule has 2 aromatic rings. The predicted octanol–water partition coefficient (Wildman–Crippen LogP) is 5.12. The van der Waals surface area contributed by atoms with Crippen LogP contribution in [0.4, 0.5) is 0 Å². The molecule has 2 unspecified atom stereocenters. The number of rotatable bonds is 9. The van der Waals surface area contributed by atoms with Crippen LogP contribution in [-0.4, -0.2) is 25.1 Å². The highest BCUT2D eigenvalue weighted by molar-refractivity contribution is 5.33. The van der Waals surface area contributed by atoms with Gasteiger partial charge in [-0.2, -0.15) is 0 Å². The van der Waals surface area contributed by atoms with Crippen LogP contribution >= 0.6 is 0 Å². The first-order valence-electron chi connectivity index (χ1n) is 8.70. The van der Waals surface area contributed by atoms with Gasteiger partial charge in [-0.1, -0.05) is 62.4 Å². The first-order valence-corrected chi connectivity index (χ1v) is 8.70. The van der Waals surface area contributed by atoms with Gasteiger partial charge in [-0.3, -0.25) is 4.90 Å². The van der Waals surface area contributed by atoms with E-state index in [0.717, 1.165) is 25.4 Å². The Labute approximate surface area is 146 Å². The molecular formula is C22H29NO. The summed E-state index contributed by atoms with van der Waals surface area (Å²) in [7, 11) is 1.71. The minimum absolute atomic E-state index is 0.324. The molecule has 128 valence electrons. The molecule has 0 saturated heterocycles. The van der Waals surface area contributed by atoms with Crippen LogP contribution in [-0.2, 0) is 6.54 Å². The maximum atomic E-state index is 5.37. The second-order valence-corrected chi connectivity index (χ2v) is 6.33. The molecule has 0 aliphatic rings. The normalized spacial score (nSPS) is 13.5. The third-order valence-electron chi connectivity index (χ3n) is 4.59. The van der Waals surface area contributed by atoms with E-state index in [1.807, 2.05) is 6.07 Å². The predicted molar refractivity (Wildman–Crippen MR) is 102 cm³/mol. The number of nitrogens with zero attached hydrogens (tertiary/aromatic N) is 1. The molecule has 2 nitrogen and oxygen atoms in total. The zero-order valence-electron chi connectivity index (χ0n) is 15.1. The zero-order chi connectivity index (χ0) is 17.4. The average molecular weight is 323 g/mol. The van der Waals surface area contributed by atoms with Crippen LogP contribution in [0.1, 0.15) is 30.9 Å². The van der Waals surface area contributed by atoms with Crippen molar-refractivity contribution in [2.75, 3.05) is 20.2 Å². The van der Waals surface area contributed by atoms with Crippen molar-refractivity contribution < 1.29 is 4.74 Å². The Hall–Kier alpha value is -2.06. The number of hydrogen-bond acceptors (Lipinski definition) is 2. The lowest BCUT2D eigenvalue weighted by Gasteiger charge is -2.28. The summed E-state index contributed by atoms with van der Waals surface area (Å²) in [6.07, 6.45) is 2.07. The van der Waals surface area contributed by atoms with Gasteiger partial charge in [-0.15, -0.1) is 6.58 Å². The Bertz CT molecular complexity index is 623. The number of ether oxygens (including phenoxy) is 1. The van der Waals surface area contributed by atoms with Crippen molar-refractivity contribution >= 4 is 0 Å². The van der Waals surface area contributed by atoms with Crippen molar-refractivity contribution in [3.63, 3.8) is 0 Å². The van der Waals surface area contributed by atoms with Crippen LogP contribution in [0.2, 0.25) is 0 Å². The van der Waals surface area contributed by atoms with Gasteiger partial charge in [0.1, 0.15) is 5.75 Å². The van der Waals surface area contributed by atoms with Gasteiger partial charge in [0.05, 0.1) is 7.11 Å². The van der Waals surface area contributed by atoms with E-state index >= 15 is 0 Å². The minimum Gasteiger partial charge on any atom is -0.497 e. The van der Waals surface area contributed by atoms with E-state index < -0.39 is 0 Å². The highest BCUT2D eigenvalue weighted by atomic mass is 16.5. The Balaban J connectivity index is 2.06. The summed E-state index contributed by atoms with van der Waals surface area (Å²) in [5.41, 5.74) is 2.63. The highest BCUT2D eigenvalue weighted by Gasteiger charge is 2.19. The molecular weight excluding hydrogens is 294 g/mol. The van der Waals surface area contributed by atoms with E-state index in [-0.39, 0.29) is 0 Å². The van der Waals surface area contributed by atoms with Crippen LogP contribution in [0.25, 0.3) is 0 Å². The van der Waals surface area contributed by atoms with Gasteiger partial charge in [0.2, 0.25) is 0 Å². The molecule has 0 N–H and O–H groups in total. The summed E-state index contributed by atoms with van der Waals surface area (Å²) in [4.78, 5) is 2.50. The van der Waals surface area contributed by atoms with E-state index in [4.69, 9.17) is 4.74 Å². The Morgan fingerprint density at radius 2 is 1.88 bits per heavy atom. The number of hydrogen-bond donors (Lipinski definition) is 0. The highest BCUT2D eigenvalue weighted by Crippen LogP contribution is 2.29. The van der Waals surface area contributed by atoms with Crippen molar-refractivity contribution in [1.82, 2.24) is 4.90 Å². The molecule has 0 aliphatic carbocycles. The van der Waals surface area contributed by atoms with Crippen molar-refractivity contribution in [3.8, 4) is 5.75 Å². The van der Waals surface area contributed by atoms with Crippen LogP contribution in [0, 0.1) is 5.92 Å². The fraction of sp³-hybridized carbons (Fsp3) is 0.364. The van der Waals surface area contributed by atoms with E-state index in [9.17, 15) is 0 Å². The maximum Gasteiger partial charge on any atom is 0.119 e. The van der Waals surface area contributed by atoms with Crippen molar-refractivity contribution in [1.29, 1.82) is 0 Å². The lowest BCUT2D eigenvalue weighted by Crippen LogP contribution is -2.30. The number of methoxy groups -OCH3 is 1. The second kappa shape index (κ2) is 9.29. The largest absolute Gasteiger partial charge is 0.497 e.